The average Bonchev–Trinajstić information content (AvgIpc) is 2.37. The molecule has 1 unspecified atom stereocenters. The molecule has 16 heavy (non-hydrogen) atoms. The quantitative estimate of drug-likeness (QED) is 0.808. The van der Waals surface area contributed by atoms with Crippen LogP contribution in [-0.4, -0.2) is 32.9 Å². The van der Waals surface area contributed by atoms with Crippen molar-refractivity contribution < 1.29 is 14.2 Å². The van der Waals surface area contributed by atoms with Crippen LogP contribution in [0.15, 0.2) is 12.3 Å². The van der Waals surface area contributed by atoms with Gasteiger partial charge in [-0.1, -0.05) is 0 Å². The van der Waals surface area contributed by atoms with Crippen LogP contribution >= 0.6 is 0 Å². The maximum Gasteiger partial charge on any atom is 0.213 e. The van der Waals surface area contributed by atoms with E-state index < -0.39 is 5.60 Å². The van der Waals surface area contributed by atoms with Crippen molar-refractivity contribution in [3.05, 3.63) is 17.8 Å². The molecule has 0 amide bonds. The second-order valence-corrected chi connectivity index (χ2v) is 3.57. The van der Waals surface area contributed by atoms with Crippen LogP contribution in [0.5, 0.6) is 11.6 Å². The summed E-state index contributed by atoms with van der Waals surface area (Å²) in [6.45, 7) is 2.23. The van der Waals surface area contributed by atoms with Crippen LogP contribution in [0.2, 0.25) is 0 Å². The van der Waals surface area contributed by atoms with E-state index in [2.05, 4.69) is 4.98 Å². The minimum Gasteiger partial charge on any atom is -0.495 e. The SMILES string of the molecule is COc1cc(C(C)(CN)OC)c(OC)cn1. The molecule has 0 saturated heterocycles. The van der Waals surface area contributed by atoms with Crippen molar-refractivity contribution in [1.82, 2.24) is 4.98 Å². The Bertz CT molecular complexity index is 351. The van der Waals surface area contributed by atoms with Crippen LogP contribution in [0.1, 0.15) is 12.5 Å². The summed E-state index contributed by atoms with van der Waals surface area (Å²) in [7, 11) is 4.75. The number of hydrogen-bond donors (Lipinski definition) is 1. The van der Waals surface area contributed by atoms with Gasteiger partial charge in [-0.15, -0.1) is 0 Å². The molecule has 0 radical (unpaired) electrons. The number of pyridine rings is 1. The zero-order valence-electron chi connectivity index (χ0n) is 10.1. The minimum atomic E-state index is -0.610. The predicted octanol–water partition coefficient (Wildman–Crippen LogP) is 0.919. The van der Waals surface area contributed by atoms with Gasteiger partial charge in [0.05, 0.1) is 20.4 Å². The zero-order valence-corrected chi connectivity index (χ0v) is 10.1. The highest BCUT2D eigenvalue weighted by Gasteiger charge is 2.29. The van der Waals surface area contributed by atoms with Gasteiger partial charge in [-0.2, -0.15) is 0 Å². The summed E-state index contributed by atoms with van der Waals surface area (Å²) in [6, 6.07) is 1.77. The standard InChI is InChI=1S/C11H18N2O3/c1-11(7-12,16-4)8-5-10(15-3)13-6-9(8)14-2/h5-6H,7,12H2,1-4H3. The second kappa shape index (κ2) is 5.14. The van der Waals surface area contributed by atoms with E-state index in [1.54, 1.807) is 33.6 Å². The van der Waals surface area contributed by atoms with E-state index in [1.165, 1.54) is 0 Å². The molecule has 1 rings (SSSR count). The molecule has 0 fully saturated rings. The van der Waals surface area contributed by atoms with Crippen LogP contribution in [0, 0.1) is 0 Å². The molecular formula is C11H18N2O3. The molecule has 1 atom stereocenters. The Labute approximate surface area is 95.5 Å². The van der Waals surface area contributed by atoms with E-state index in [0.29, 0.717) is 18.2 Å². The van der Waals surface area contributed by atoms with E-state index in [9.17, 15) is 0 Å². The Morgan fingerprint density at radius 3 is 2.44 bits per heavy atom. The number of rotatable bonds is 5. The first-order chi connectivity index (χ1) is 7.61. The smallest absolute Gasteiger partial charge is 0.213 e. The van der Waals surface area contributed by atoms with Crippen molar-refractivity contribution in [2.24, 2.45) is 5.73 Å². The number of ether oxygens (including phenoxy) is 3. The molecule has 5 heteroatoms. The topological polar surface area (TPSA) is 66.6 Å². The first kappa shape index (κ1) is 12.7. The molecular weight excluding hydrogens is 208 g/mol. The molecule has 90 valence electrons. The fourth-order valence-electron chi connectivity index (χ4n) is 1.41. The highest BCUT2D eigenvalue weighted by molar-refractivity contribution is 5.39. The molecule has 2 N–H and O–H groups in total. The van der Waals surface area contributed by atoms with Gasteiger partial charge in [0.25, 0.3) is 0 Å². The van der Waals surface area contributed by atoms with E-state index in [4.69, 9.17) is 19.9 Å². The predicted molar refractivity (Wildman–Crippen MR) is 60.8 cm³/mol. The second-order valence-electron chi connectivity index (χ2n) is 3.57. The Kier molecular flexibility index (Phi) is 4.09. The third-order valence-corrected chi connectivity index (χ3v) is 2.68. The van der Waals surface area contributed by atoms with Gasteiger partial charge < -0.3 is 19.9 Å². The summed E-state index contributed by atoms with van der Waals surface area (Å²) >= 11 is 0. The monoisotopic (exact) mass is 226 g/mol. The summed E-state index contributed by atoms with van der Waals surface area (Å²) in [5.41, 5.74) is 5.94. The minimum absolute atomic E-state index is 0.340. The van der Waals surface area contributed by atoms with E-state index in [1.807, 2.05) is 6.92 Å². The molecule has 0 aliphatic heterocycles. The van der Waals surface area contributed by atoms with Gasteiger partial charge in [-0.3, -0.25) is 0 Å². The fourth-order valence-corrected chi connectivity index (χ4v) is 1.41. The highest BCUT2D eigenvalue weighted by Crippen LogP contribution is 2.33. The number of nitrogens with two attached hydrogens (primary N) is 1. The lowest BCUT2D eigenvalue weighted by Crippen LogP contribution is -2.34. The Balaban J connectivity index is 3.27. The zero-order chi connectivity index (χ0) is 12.2. The molecule has 0 bridgehead atoms. The van der Waals surface area contributed by atoms with Gasteiger partial charge in [0.1, 0.15) is 11.4 Å². The van der Waals surface area contributed by atoms with Gasteiger partial charge in [-0.25, -0.2) is 4.98 Å². The summed E-state index contributed by atoms with van der Waals surface area (Å²) < 4.78 is 15.7. The normalized spacial score (nSPS) is 14.3. The van der Waals surface area contributed by atoms with Gasteiger partial charge in [0.15, 0.2) is 0 Å². The van der Waals surface area contributed by atoms with E-state index >= 15 is 0 Å². The molecule has 0 aromatic carbocycles. The van der Waals surface area contributed by atoms with Crippen LogP contribution in [-0.2, 0) is 10.3 Å². The van der Waals surface area contributed by atoms with Gasteiger partial charge in [-0.05, 0) is 6.92 Å². The van der Waals surface area contributed by atoms with Crippen molar-refractivity contribution in [3.63, 3.8) is 0 Å². The van der Waals surface area contributed by atoms with Crippen LogP contribution in [0.4, 0.5) is 0 Å². The molecule has 0 spiro atoms. The van der Waals surface area contributed by atoms with Crippen LogP contribution in [0.25, 0.3) is 0 Å². The van der Waals surface area contributed by atoms with Gasteiger partial charge >= 0.3 is 0 Å². The third-order valence-electron chi connectivity index (χ3n) is 2.68. The summed E-state index contributed by atoms with van der Waals surface area (Å²) in [6.07, 6.45) is 1.60. The van der Waals surface area contributed by atoms with Gasteiger partial charge in [0, 0.05) is 25.3 Å². The maximum absolute atomic E-state index is 5.72. The lowest BCUT2D eigenvalue weighted by molar-refractivity contribution is 0.00793. The van der Waals surface area contributed by atoms with E-state index in [-0.39, 0.29) is 0 Å². The summed E-state index contributed by atoms with van der Waals surface area (Å²) in [4.78, 5) is 4.07. The molecule has 1 aromatic rings. The number of nitrogens with zero attached hydrogens (tertiary/aromatic N) is 1. The van der Waals surface area contributed by atoms with Crippen molar-refractivity contribution in [2.75, 3.05) is 27.9 Å². The van der Waals surface area contributed by atoms with Crippen molar-refractivity contribution in [1.29, 1.82) is 0 Å². The Morgan fingerprint density at radius 2 is 2.00 bits per heavy atom. The lowest BCUT2D eigenvalue weighted by atomic mass is 9.96. The van der Waals surface area contributed by atoms with Gasteiger partial charge in [0.2, 0.25) is 5.88 Å². The van der Waals surface area contributed by atoms with Crippen LogP contribution in [0.3, 0.4) is 0 Å². The average molecular weight is 226 g/mol. The van der Waals surface area contributed by atoms with Crippen molar-refractivity contribution in [2.45, 2.75) is 12.5 Å². The maximum atomic E-state index is 5.72. The first-order valence-electron chi connectivity index (χ1n) is 4.95. The molecule has 0 aliphatic rings. The lowest BCUT2D eigenvalue weighted by Gasteiger charge is -2.28. The molecule has 0 aliphatic carbocycles. The molecule has 0 saturated carbocycles. The molecule has 1 aromatic heterocycles. The molecule has 5 nitrogen and oxygen atoms in total. The number of aromatic nitrogens is 1. The highest BCUT2D eigenvalue weighted by atomic mass is 16.5. The number of hydrogen-bond acceptors (Lipinski definition) is 5. The third kappa shape index (κ3) is 2.25. The van der Waals surface area contributed by atoms with Crippen molar-refractivity contribution in [3.8, 4) is 11.6 Å². The Morgan fingerprint density at radius 1 is 1.31 bits per heavy atom. The van der Waals surface area contributed by atoms with Crippen LogP contribution < -0.4 is 15.2 Å². The number of methoxy groups -OCH3 is 3. The largest absolute Gasteiger partial charge is 0.495 e. The summed E-state index contributed by atoms with van der Waals surface area (Å²) in [5, 5.41) is 0. The van der Waals surface area contributed by atoms with E-state index in [0.717, 1.165) is 5.56 Å². The summed E-state index contributed by atoms with van der Waals surface area (Å²) in [5.74, 6) is 1.14. The molecule has 1 heterocycles. The Hall–Kier alpha value is -1.33. The first-order valence-corrected chi connectivity index (χ1v) is 4.95. The fraction of sp³-hybridized carbons (Fsp3) is 0.545. The van der Waals surface area contributed by atoms with Crippen molar-refractivity contribution >= 4 is 0 Å².